The maximum absolute atomic E-state index is 13.1. The number of phenols is 1. The Bertz CT molecular complexity index is 1710. The molecule has 1 aliphatic heterocycles. The number of carbonyl (C=O) groups excluding carboxylic acids is 1. The molecule has 12 heteroatoms. The Balaban J connectivity index is 1.45. The van der Waals surface area contributed by atoms with Gasteiger partial charge in [-0.3, -0.25) is 4.79 Å². The SMILES string of the molecule is COc1cc(O)c2c(=O)cc(-c3ccccc3O[C@@H]3O[C@H](CO)[C@@H](O)[C@H](OC(=O)C=Cc4ccccc4)[C@H]3O)oc2c1OC. The number of rotatable bonds is 9. The number of aliphatic hydroxyl groups excluding tert-OH is 3. The minimum Gasteiger partial charge on any atom is -0.507 e. The van der Waals surface area contributed by atoms with E-state index >= 15 is 0 Å². The van der Waals surface area contributed by atoms with Gasteiger partial charge in [-0.05, 0) is 23.8 Å². The Morgan fingerprint density at radius 1 is 0.955 bits per heavy atom. The quantitative estimate of drug-likeness (QED) is 0.162. The predicted molar refractivity (Wildman–Crippen MR) is 156 cm³/mol. The first-order valence-electron chi connectivity index (χ1n) is 13.5. The highest BCUT2D eigenvalue weighted by Gasteiger charge is 2.48. The van der Waals surface area contributed by atoms with Crippen LogP contribution in [0.25, 0.3) is 28.4 Å². The van der Waals surface area contributed by atoms with Crippen LogP contribution in [0.1, 0.15) is 5.56 Å². The first kappa shape index (κ1) is 30.6. The van der Waals surface area contributed by atoms with Crippen LogP contribution in [0.4, 0.5) is 0 Å². The van der Waals surface area contributed by atoms with Crippen molar-refractivity contribution in [1.29, 1.82) is 0 Å². The summed E-state index contributed by atoms with van der Waals surface area (Å²) in [5.74, 6) is -0.910. The van der Waals surface area contributed by atoms with Gasteiger partial charge in [-0.15, -0.1) is 0 Å². The molecule has 1 saturated heterocycles. The lowest BCUT2D eigenvalue weighted by Crippen LogP contribution is -2.61. The fourth-order valence-corrected chi connectivity index (χ4v) is 4.84. The molecule has 1 aliphatic rings. The molecule has 0 aliphatic carbocycles. The lowest BCUT2D eigenvalue weighted by Gasteiger charge is -2.41. The minimum atomic E-state index is -1.69. The number of para-hydroxylation sites is 1. The molecule has 2 heterocycles. The Morgan fingerprint density at radius 3 is 2.39 bits per heavy atom. The molecule has 44 heavy (non-hydrogen) atoms. The number of ether oxygens (including phenoxy) is 5. The van der Waals surface area contributed by atoms with Crippen molar-refractivity contribution in [2.24, 2.45) is 0 Å². The number of aromatic hydroxyl groups is 1. The molecular formula is C32H30O12. The van der Waals surface area contributed by atoms with E-state index in [0.717, 1.165) is 17.7 Å². The summed E-state index contributed by atoms with van der Waals surface area (Å²) < 4.78 is 33.6. The number of hydrogen-bond acceptors (Lipinski definition) is 12. The normalized spacial score (nSPS) is 21.7. The number of hydrogen-bond donors (Lipinski definition) is 4. The van der Waals surface area contributed by atoms with E-state index in [9.17, 15) is 30.0 Å². The average molecular weight is 607 g/mol. The molecule has 0 unspecified atom stereocenters. The van der Waals surface area contributed by atoms with E-state index in [1.165, 1.54) is 32.4 Å². The molecule has 4 aromatic rings. The first-order chi connectivity index (χ1) is 21.2. The molecule has 3 aromatic carbocycles. The van der Waals surface area contributed by atoms with Crippen LogP contribution < -0.4 is 19.6 Å². The third kappa shape index (κ3) is 6.10. The molecule has 5 atom stereocenters. The standard InChI is InChI=1S/C32H30O12/c1-39-23-15-20(35)26-19(34)14-22(41-30(26)29(23)40-2)18-10-6-7-11-21(18)42-32-28(38)31(27(37)24(16-33)43-32)44-25(36)13-12-17-8-4-3-5-9-17/h3-15,24,27-28,31-33,35,37-38H,16H2,1-2H3/t24-,27-,28-,31+,32-/m1/s1. The van der Waals surface area contributed by atoms with Crippen LogP contribution in [-0.4, -0.2) is 77.9 Å². The topological polar surface area (TPSA) is 174 Å². The van der Waals surface area contributed by atoms with Crippen LogP contribution >= 0.6 is 0 Å². The third-order valence-electron chi connectivity index (χ3n) is 7.01. The summed E-state index contributed by atoms with van der Waals surface area (Å²) in [6.07, 6.45) is -4.94. The number of methoxy groups -OCH3 is 2. The van der Waals surface area contributed by atoms with E-state index in [1.54, 1.807) is 42.5 Å². The third-order valence-corrected chi connectivity index (χ3v) is 7.01. The van der Waals surface area contributed by atoms with Crippen molar-refractivity contribution < 1.29 is 53.3 Å². The van der Waals surface area contributed by atoms with Gasteiger partial charge in [0.1, 0.15) is 34.9 Å². The Morgan fingerprint density at radius 2 is 1.68 bits per heavy atom. The maximum atomic E-state index is 13.1. The van der Waals surface area contributed by atoms with Gasteiger partial charge in [-0.25, -0.2) is 4.79 Å². The largest absolute Gasteiger partial charge is 0.507 e. The van der Waals surface area contributed by atoms with Crippen LogP contribution in [0.2, 0.25) is 0 Å². The van der Waals surface area contributed by atoms with Crippen molar-refractivity contribution in [3.63, 3.8) is 0 Å². The predicted octanol–water partition coefficient (Wildman–Crippen LogP) is 2.63. The van der Waals surface area contributed by atoms with E-state index in [-0.39, 0.29) is 45.3 Å². The van der Waals surface area contributed by atoms with Crippen molar-refractivity contribution in [3.05, 3.63) is 88.6 Å². The summed E-state index contributed by atoms with van der Waals surface area (Å²) in [5, 5.41) is 42.0. The molecule has 230 valence electrons. The number of aliphatic hydroxyl groups is 3. The second-order valence-corrected chi connectivity index (χ2v) is 9.78. The number of carbonyl (C=O) groups is 1. The van der Waals surface area contributed by atoms with Gasteiger partial charge < -0.3 is 48.5 Å². The van der Waals surface area contributed by atoms with E-state index in [0.29, 0.717) is 0 Å². The number of fused-ring (bicyclic) bond motifs is 1. The van der Waals surface area contributed by atoms with Gasteiger partial charge in [0.15, 0.2) is 29.0 Å². The lowest BCUT2D eigenvalue weighted by molar-refractivity contribution is -0.280. The van der Waals surface area contributed by atoms with E-state index in [2.05, 4.69) is 0 Å². The number of benzene rings is 3. The van der Waals surface area contributed by atoms with Crippen molar-refractivity contribution in [2.45, 2.75) is 30.7 Å². The van der Waals surface area contributed by atoms with Crippen LogP contribution in [0, 0.1) is 0 Å². The molecule has 1 aromatic heterocycles. The zero-order chi connectivity index (χ0) is 31.4. The molecule has 0 radical (unpaired) electrons. The molecule has 0 saturated carbocycles. The van der Waals surface area contributed by atoms with Gasteiger partial charge in [-0.2, -0.15) is 0 Å². The molecule has 0 amide bonds. The molecule has 12 nitrogen and oxygen atoms in total. The molecule has 0 bridgehead atoms. The van der Waals surface area contributed by atoms with Crippen LogP contribution in [0.5, 0.6) is 23.0 Å². The smallest absolute Gasteiger partial charge is 0.331 e. The highest BCUT2D eigenvalue weighted by molar-refractivity contribution is 5.92. The van der Waals surface area contributed by atoms with E-state index in [4.69, 9.17) is 28.1 Å². The van der Waals surface area contributed by atoms with Crippen molar-refractivity contribution in [1.82, 2.24) is 0 Å². The second kappa shape index (κ2) is 13.2. The fraction of sp³-hybridized carbons (Fsp3) is 0.250. The van der Waals surface area contributed by atoms with Gasteiger partial charge in [0.05, 0.1) is 26.4 Å². The summed E-state index contributed by atoms with van der Waals surface area (Å²) in [4.78, 5) is 25.7. The van der Waals surface area contributed by atoms with Crippen LogP contribution in [0.15, 0.2) is 82.0 Å². The summed E-state index contributed by atoms with van der Waals surface area (Å²) >= 11 is 0. The molecule has 4 N–H and O–H groups in total. The van der Waals surface area contributed by atoms with Crippen LogP contribution in [0.3, 0.4) is 0 Å². The molecule has 1 fully saturated rings. The van der Waals surface area contributed by atoms with Gasteiger partial charge in [0, 0.05) is 18.2 Å². The molecular weight excluding hydrogens is 576 g/mol. The highest BCUT2D eigenvalue weighted by Crippen LogP contribution is 2.42. The van der Waals surface area contributed by atoms with E-state index < -0.39 is 48.7 Å². The fourth-order valence-electron chi connectivity index (χ4n) is 4.84. The highest BCUT2D eigenvalue weighted by atomic mass is 16.7. The molecule has 0 spiro atoms. The van der Waals surface area contributed by atoms with Crippen LogP contribution in [-0.2, 0) is 14.3 Å². The zero-order valence-corrected chi connectivity index (χ0v) is 23.7. The maximum Gasteiger partial charge on any atom is 0.331 e. The summed E-state index contributed by atoms with van der Waals surface area (Å²) in [6.45, 7) is -0.673. The Hall–Kier alpha value is -4.88. The summed E-state index contributed by atoms with van der Waals surface area (Å²) in [7, 11) is 2.72. The Labute approximate surface area is 250 Å². The summed E-state index contributed by atoms with van der Waals surface area (Å²) in [6, 6.07) is 17.7. The molecule has 5 rings (SSSR count). The summed E-state index contributed by atoms with van der Waals surface area (Å²) in [5.41, 5.74) is 0.324. The van der Waals surface area contributed by atoms with Gasteiger partial charge >= 0.3 is 5.97 Å². The van der Waals surface area contributed by atoms with Crippen molar-refractivity contribution in [3.8, 4) is 34.3 Å². The van der Waals surface area contributed by atoms with Crippen molar-refractivity contribution in [2.75, 3.05) is 20.8 Å². The average Bonchev–Trinajstić information content (AvgIpc) is 3.03. The number of phenolic OH excluding ortho intramolecular Hbond substituents is 1. The van der Waals surface area contributed by atoms with Gasteiger partial charge in [-0.1, -0.05) is 42.5 Å². The first-order valence-corrected chi connectivity index (χ1v) is 13.5. The van der Waals surface area contributed by atoms with E-state index in [1.807, 2.05) is 6.07 Å². The van der Waals surface area contributed by atoms with Crippen molar-refractivity contribution >= 4 is 23.0 Å². The minimum absolute atomic E-state index is 0.0159. The lowest BCUT2D eigenvalue weighted by atomic mass is 9.99. The second-order valence-electron chi connectivity index (χ2n) is 9.78. The zero-order valence-electron chi connectivity index (χ0n) is 23.7. The Kier molecular flexibility index (Phi) is 9.16. The van der Waals surface area contributed by atoms with Gasteiger partial charge in [0.25, 0.3) is 0 Å². The monoisotopic (exact) mass is 606 g/mol. The number of esters is 1. The van der Waals surface area contributed by atoms with Gasteiger partial charge in [0.2, 0.25) is 12.0 Å².